The fraction of sp³-hybridized carbons (Fsp3) is 0.233. The van der Waals surface area contributed by atoms with Gasteiger partial charge in [0.15, 0.2) is 11.5 Å². The second-order valence-corrected chi connectivity index (χ2v) is 10.4. The molecule has 1 N–H and O–H groups in total. The van der Waals surface area contributed by atoms with Crippen LogP contribution >= 0.6 is 22.6 Å². The average molecular weight is 624 g/mol. The average Bonchev–Trinajstić information content (AvgIpc) is 2.83. The standard InChI is InChI=1S/C30H29IN2O5/c1-6-37-26-15-21(14-24(31)27(26)38-16-22-11-17(2)10-18(3)12-22)13-23-28(34)32-30(36)33(29(23)35)25-9-7-8-19(4)20(25)5/h7-15H,6,16H2,1-5H3,(H,32,34,36)/b23-13+. The first kappa shape index (κ1) is 27.4. The molecule has 38 heavy (non-hydrogen) atoms. The number of barbiturate groups is 1. The Balaban J connectivity index is 1.68. The van der Waals surface area contributed by atoms with Crippen molar-refractivity contribution in [1.29, 1.82) is 0 Å². The highest BCUT2D eigenvalue weighted by molar-refractivity contribution is 14.1. The number of nitrogens with zero attached hydrogens (tertiary/aromatic N) is 1. The highest BCUT2D eigenvalue weighted by Crippen LogP contribution is 2.36. The van der Waals surface area contributed by atoms with Crippen LogP contribution in [0.25, 0.3) is 6.08 Å². The first-order valence-electron chi connectivity index (χ1n) is 12.2. The summed E-state index contributed by atoms with van der Waals surface area (Å²) in [5.41, 5.74) is 5.94. The van der Waals surface area contributed by atoms with E-state index in [4.69, 9.17) is 9.47 Å². The van der Waals surface area contributed by atoms with E-state index < -0.39 is 17.8 Å². The predicted octanol–water partition coefficient (Wildman–Crippen LogP) is 6.17. The third-order valence-corrected chi connectivity index (χ3v) is 7.03. The van der Waals surface area contributed by atoms with Gasteiger partial charge in [-0.25, -0.2) is 9.69 Å². The van der Waals surface area contributed by atoms with Gasteiger partial charge in [-0.3, -0.25) is 14.9 Å². The number of halogens is 1. The lowest BCUT2D eigenvalue weighted by atomic mass is 10.0. The van der Waals surface area contributed by atoms with Crippen molar-refractivity contribution in [3.05, 3.63) is 91.1 Å². The Hall–Kier alpha value is -3.66. The molecule has 1 fully saturated rings. The summed E-state index contributed by atoms with van der Waals surface area (Å²) in [6, 6.07) is 14.4. The number of hydrogen-bond donors (Lipinski definition) is 1. The molecule has 7 nitrogen and oxygen atoms in total. The molecule has 0 saturated carbocycles. The SMILES string of the molecule is CCOc1cc(/C=C2\C(=O)NC(=O)N(c3cccc(C)c3C)C2=O)cc(I)c1OCc1cc(C)cc(C)c1. The molecule has 3 aromatic carbocycles. The lowest BCUT2D eigenvalue weighted by Gasteiger charge is -2.28. The number of imide groups is 2. The monoisotopic (exact) mass is 624 g/mol. The fourth-order valence-electron chi connectivity index (χ4n) is 4.40. The zero-order valence-electron chi connectivity index (χ0n) is 22.0. The van der Waals surface area contributed by atoms with Gasteiger partial charge in [0.25, 0.3) is 11.8 Å². The van der Waals surface area contributed by atoms with Crippen LogP contribution in [0.2, 0.25) is 0 Å². The van der Waals surface area contributed by atoms with E-state index in [9.17, 15) is 14.4 Å². The van der Waals surface area contributed by atoms with Crippen molar-refractivity contribution < 1.29 is 23.9 Å². The third-order valence-electron chi connectivity index (χ3n) is 6.23. The Morgan fingerprint density at radius 3 is 2.34 bits per heavy atom. The number of amides is 4. The first-order chi connectivity index (χ1) is 18.1. The minimum atomic E-state index is -0.773. The Labute approximate surface area is 236 Å². The zero-order chi connectivity index (χ0) is 27.6. The molecule has 0 aliphatic carbocycles. The number of anilines is 1. The second-order valence-electron chi connectivity index (χ2n) is 9.22. The molecule has 0 aromatic heterocycles. The highest BCUT2D eigenvalue weighted by atomic mass is 127. The molecular formula is C30H29IN2O5. The van der Waals surface area contributed by atoms with E-state index in [1.54, 1.807) is 18.2 Å². The number of ether oxygens (including phenoxy) is 2. The van der Waals surface area contributed by atoms with Crippen LogP contribution in [0.1, 0.15) is 40.3 Å². The van der Waals surface area contributed by atoms with Crippen molar-refractivity contribution in [2.24, 2.45) is 0 Å². The molecule has 1 heterocycles. The zero-order valence-corrected chi connectivity index (χ0v) is 24.1. The number of aryl methyl sites for hydroxylation is 3. The lowest BCUT2D eigenvalue weighted by Crippen LogP contribution is -2.54. The maximum absolute atomic E-state index is 13.4. The molecule has 0 atom stereocenters. The summed E-state index contributed by atoms with van der Waals surface area (Å²) in [7, 11) is 0. The van der Waals surface area contributed by atoms with Crippen molar-refractivity contribution in [2.75, 3.05) is 11.5 Å². The lowest BCUT2D eigenvalue weighted by molar-refractivity contribution is -0.122. The molecule has 196 valence electrons. The van der Waals surface area contributed by atoms with Crippen LogP contribution in [-0.4, -0.2) is 24.5 Å². The molecule has 0 radical (unpaired) electrons. The van der Waals surface area contributed by atoms with E-state index in [1.165, 1.54) is 6.08 Å². The molecule has 1 aliphatic rings. The molecule has 8 heteroatoms. The summed E-state index contributed by atoms with van der Waals surface area (Å²) in [6.45, 7) is 10.5. The van der Waals surface area contributed by atoms with Gasteiger partial charge in [0, 0.05) is 0 Å². The van der Waals surface area contributed by atoms with Gasteiger partial charge in [-0.1, -0.05) is 41.5 Å². The molecule has 0 bridgehead atoms. The molecule has 1 saturated heterocycles. The van der Waals surface area contributed by atoms with Crippen LogP contribution in [0.4, 0.5) is 10.5 Å². The third kappa shape index (κ3) is 5.75. The number of rotatable bonds is 7. The van der Waals surface area contributed by atoms with Crippen LogP contribution in [0.15, 0.2) is 54.1 Å². The van der Waals surface area contributed by atoms with Crippen LogP contribution < -0.4 is 19.7 Å². The maximum Gasteiger partial charge on any atom is 0.335 e. The Morgan fingerprint density at radius 2 is 1.66 bits per heavy atom. The van der Waals surface area contributed by atoms with Crippen LogP contribution in [0, 0.1) is 31.3 Å². The Bertz CT molecular complexity index is 1460. The van der Waals surface area contributed by atoms with Gasteiger partial charge in [0.1, 0.15) is 12.2 Å². The molecule has 3 aromatic rings. The van der Waals surface area contributed by atoms with Gasteiger partial charge in [-0.2, -0.15) is 0 Å². The highest BCUT2D eigenvalue weighted by Gasteiger charge is 2.37. The van der Waals surface area contributed by atoms with Gasteiger partial charge < -0.3 is 9.47 Å². The molecule has 4 amide bonds. The minimum absolute atomic E-state index is 0.146. The van der Waals surface area contributed by atoms with E-state index in [0.717, 1.165) is 36.3 Å². The normalized spacial score (nSPS) is 14.6. The van der Waals surface area contributed by atoms with E-state index in [2.05, 4.69) is 46.1 Å². The van der Waals surface area contributed by atoms with Crippen molar-refractivity contribution >= 4 is 52.2 Å². The van der Waals surface area contributed by atoms with Crippen molar-refractivity contribution in [3.63, 3.8) is 0 Å². The van der Waals surface area contributed by atoms with Crippen molar-refractivity contribution in [2.45, 2.75) is 41.2 Å². The van der Waals surface area contributed by atoms with Crippen LogP contribution in [0.3, 0.4) is 0 Å². The molecule has 1 aliphatic heterocycles. The summed E-state index contributed by atoms with van der Waals surface area (Å²) in [6.07, 6.45) is 1.47. The maximum atomic E-state index is 13.4. The smallest absolute Gasteiger partial charge is 0.335 e. The number of nitrogens with one attached hydrogen (secondary N) is 1. The topological polar surface area (TPSA) is 84.9 Å². The molecule has 0 unspecified atom stereocenters. The van der Waals surface area contributed by atoms with E-state index in [1.807, 2.05) is 46.8 Å². The van der Waals surface area contributed by atoms with Gasteiger partial charge >= 0.3 is 6.03 Å². The van der Waals surface area contributed by atoms with Gasteiger partial charge in [-0.05, 0) is 104 Å². The van der Waals surface area contributed by atoms with Gasteiger partial charge in [-0.15, -0.1) is 0 Å². The fourth-order valence-corrected chi connectivity index (χ4v) is 5.18. The summed E-state index contributed by atoms with van der Waals surface area (Å²) in [5, 5.41) is 2.29. The first-order valence-corrected chi connectivity index (χ1v) is 13.3. The van der Waals surface area contributed by atoms with Gasteiger partial charge in [0.05, 0.1) is 15.9 Å². The van der Waals surface area contributed by atoms with E-state index in [-0.39, 0.29) is 5.57 Å². The number of carbonyl (C=O) groups excluding carboxylic acids is 3. The van der Waals surface area contributed by atoms with Crippen LogP contribution in [0.5, 0.6) is 11.5 Å². The van der Waals surface area contributed by atoms with Crippen molar-refractivity contribution in [1.82, 2.24) is 5.32 Å². The summed E-state index contributed by atoms with van der Waals surface area (Å²) in [4.78, 5) is 39.8. The van der Waals surface area contributed by atoms with Crippen LogP contribution in [-0.2, 0) is 16.2 Å². The number of urea groups is 1. The number of hydrogen-bond acceptors (Lipinski definition) is 5. The number of carbonyl (C=O) groups is 3. The second kappa shape index (κ2) is 11.4. The van der Waals surface area contributed by atoms with Crippen molar-refractivity contribution in [3.8, 4) is 11.5 Å². The predicted molar refractivity (Wildman–Crippen MR) is 155 cm³/mol. The Kier molecular flexibility index (Phi) is 8.20. The molecule has 4 rings (SSSR count). The Morgan fingerprint density at radius 1 is 0.947 bits per heavy atom. The quantitative estimate of drug-likeness (QED) is 0.193. The summed E-state index contributed by atoms with van der Waals surface area (Å²) < 4.78 is 12.8. The molecular weight excluding hydrogens is 595 g/mol. The van der Waals surface area contributed by atoms with E-state index in [0.29, 0.717) is 36.0 Å². The minimum Gasteiger partial charge on any atom is -0.490 e. The largest absolute Gasteiger partial charge is 0.490 e. The van der Waals surface area contributed by atoms with Gasteiger partial charge in [0.2, 0.25) is 0 Å². The van der Waals surface area contributed by atoms with E-state index >= 15 is 0 Å². The molecule has 0 spiro atoms. The summed E-state index contributed by atoms with van der Waals surface area (Å²) in [5.74, 6) is -0.345. The summed E-state index contributed by atoms with van der Waals surface area (Å²) >= 11 is 2.15. The number of benzene rings is 3.